The second-order valence-corrected chi connectivity index (χ2v) is 13.9. The average Bonchev–Trinajstić information content (AvgIpc) is 3.04. The molecule has 10 heteroatoms. The third-order valence-corrected chi connectivity index (χ3v) is 8.89. The predicted molar refractivity (Wildman–Crippen MR) is 188 cm³/mol. The van der Waals surface area contributed by atoms with Crippen LogP contribution in [0.15, 0.2) is 12.2 Å². The topological polar surface area (TPSA) is 134 Å². The lowest BCUT2D eigenvalue weighted by atomic mass is 10.1. The Labute approximate surface area is 281 Å². The van der Waals surface area contributed by atoms with Crippen LogP contribution in [0.5, 0.6) is 0 Å². The maximum Gasteiger partial charge on any atom is 0.472 e. The molecule has 0 aliphatic rings. The van der Waals surface area contributed by atoms with Crippen molar-refractivity contribution in [3.05, 3.63) is 12.2 Å². The molecule has 0 saturated heterocycles. The van der Waals surface area contributed by atoms with Gasteiger partial charge >= 0.3 is 19.8 Å². The van der Waals surface area contributed by atoms with Crippen molar-refractivity contribution in [3.63, 3.8) is 0 Å². The van der Waals surface area contributed by atoms with Crippen molar-refractivity contribution in [3.8, 4) is 0 Å². The van der Waals surface area contributed by atoms with Gasteiger partial charge in [-0.15, -0.1) is 0 Å². The van der Waals surface area contributed by atoms with Crippen LogP contribution < -0.4 is 5.73 Å². The van der Waals surface area contributed by atoms with Crippen LogP contribution in [-0.2, 0) is 32.7 Å². The van der Waals surface area contributed by atoms with E-state index >= 15 is 0 Å². The maximum absolute atomic E-state index is 12.4. The molecular weight excluding hydrogens is 605 g/mol. The van der Waals surface area contributed by atoms with Crippen molar-refractivity contribution in [2.75, 3.05) is 26.4 Å². The number of ether oxygens (including phenoxy) is 2. The number of carbonyl (C=O) groups excluding carboxylic acids is 2. The number of carbonyl (C=O) groups is 2. The molecular formula is C36H70NO8P. The molecule has 0 aliphatic carbocycles. The lowest BCUT2D eigenvalue weighted by Gasteiger charge is -2.19. The summed E-state index contributed by atoms with van der Waals surface area (Å²) in [5, 5.41) is 0. The Morgan fingerprint density at radius 3 is 1.54 bits per heavy atom. The normalized spacial score (nSPS) is 13.6. The Morgan fingerprint density at radius 2 is 1.07 bits per heavy atom. The predicted octanol–water partition coefficient (Wildman–Crippen LogP) is 9.88. The largest absolute Gasteiger partial charge is 0.472 e. The molecule has 272 valence electrons. The van der Waals surface area contributed by atoms with Crippen LogP contribution in [0.25, 0.3) is 0 Å². The minimum absolute atomic E-state index is 0.0551. The Balaban J connectivity index is 4.13. The van der Waals surface area contributed by atoms with E-state index in [0.29, 0.717) is 6.42 Å². The van der Waals surface area contributed by atoms with Gasteiger partial charge in [0.15, 0.2) is 6.10 Å². The zero-order chi connectivity index (χ0) is 34.0. The van der Waals surface area contributed by atoms with Gasteiger partial charge in [0, 0.05) is 19.4 Å². The summed E-state index contributed by atoms with van der Waals surface area (Å²) < 4.78 is 32.5. The fourth-order valence-electron chi connectivity index (χ4n) is 5.10. The number of allylic oxidation sites excluding steroid dienone is 2. The van der Waals surface area contributed by atoms with Crippen molar-refractivity contribution in [1.82, 2.24) is 0 Å². The third kappa shape index (κ3) is 32.7. The number of phosphoric acid groups is 1. The summed E-state index contributed by atoms with van der Waals surface area (Å²) in [4.78, 5) is 34.5. The molecule has 0 heterocycles. The molecule has 0 spiro atoms. The van der Waals surface area contributed by atoms with Gasteiger partial charge < -0.3 is 20.1 Å². The minimum Gasteiger partial charge on any atom is -0.462 e. The molecule has 0 aromatic rings. The van der Waals surface area contributed by atoms with Crippen LogP contribution in [0.4, 0.5) is 0 Å². The van der Waals surface area contributed by atoms with Gasteiger partial charge in [0.25, 0.3) is 0 Å². The molecule has 0 bridgehead atoms. The Kier molecular flexibility index (Phi) is 32.7. The van der Waals surface area contributed by atoms with E-state index in [0.717, 1.165) is 44.9 Å². The van der Waals surface area contributed by atoms with Gasteiger partial charge in [0.1, 0.15) is 6.61 Å². The summed E-state index contributed by atoms with van der Waals surface area (Å²) in [6, 6.07) is 0. The summed E-state index contributed by atoms with van der Waals surface area (Å²) >= 11 is 0. The van der Waals surface area contributed by atoms with E-state index in [1.54, 1.807) is 0 Å². The van der Waals surface area contributed by atoms with Crippen LogP contribution in [0, 0.1) is 0 Å². The quantitative estimate of drug-likeness (QED) is 0.0291. The van der Waals surface area contributed by atoms with E-state index in [-0.39, 0.29) is 38.6 Å². The number of esters is 2. The third-order valence-electron chi connectivity index (χ3n) is 7.90. The van der Waals surface area contributed by atoms with Crippen molar-refractivity contribution < 1.29 is 37.6 Å². The number of rotatable bonds is 35. The van der Waals surface area contributed by atoms with Gasteiger partial charge in [0.05, 0.1) is 13.2 Å². The van der Waals surface area contributed by atoms with E-state index in [2.05, 4.69) is 26.0 Å². The molecule has 0 saturated carbocycles. The first-order chi connectivity index (χ1) is 22.3. The van der Waals surface area contributed by atoms with Crippen molar-refractivity contribution in [2.24, 2.45) is 5.73 Å². The molecule has 0 rings (SSSR count). The Bertz CT molecular complexity index is 779. The fourth-order valence-corrected chi connectivity index (χ4v) is 5.86. The highest BCUT2D eigenvalue weighted by Crippen LogP contribution is 2.43. The van der Waals surface area contributed by atoms with Gasteiger partial charge in [-0.3, -0.25) is 18.6 Å². The number of unbranched alkanes of at least 4 members (excludes halogenated alkanes) is 20. The Hall–Kier alpha value is -1.25. The number of hydrogen-bond acceptors (Lipinski definition) is 8. The molecule has 1 unspecified atom stereocenters. The smallest absolute Gasteiger partial charge is 0.462 e. The van der Waals surface area contributed by atoms with Crippen LogP contribution in [-0.4, -0.2) is 49.3 Å². The lowest BCUT2D eigenvalue weighted by Crippen LogP contribution is -2.29. The van der Waals surface area contributed by atoms with Crippen LogP contribution in [0.2, 0.25) is 0 Å². The molecule has 3 N–H and O–H groups in total. The van der Waals surface area contributed by atoms with Crippen LogP contribution >= 0.6 is 7.82 Å². The molecule has 0 amide bonds. The average molecular weight is 676 g/mol. The summed E-state index contributed by atoms with van der Waals surface area (Å²) in [5.41, 5.74) is 5.32. The monoisotopic (exact) mass is 675 g/mol. The van der Waals surface area contributed by atoms with E-state index < -0.39 is 26.5 Å². The summed E-state index contributed by atoms with van der Waals surface area (Å²) in [5.74, 6) is -0.834. The lowest BCUT2D eigenvalue weighted by molar-refractivity contribution is -0.161. The van der Waals surface area contributed by atoms with Gasteiger partial charge in [-0.05, 0) is 38.5 Å². The molecule has 0 fully saturated rings. The maximum atomic E-state index is 12.4. The minimum atomic E-state index is -4.36. The summed E-state index contributed by atoms with van der Waals surface area (Å²) in [6.45, 7) is 3.68. The highest BCUT2D eigenvalue weighted by molar-refractivity contribution is 7.47. The van der Waals surface area contributed by atoms with Crippen molar-refractivity contribution in [1.29, 1.82) is 0 Å². The van der Waals surface area contributed by atoms with Crippen molar-refractivity contribution >= 4 is 19.8 Å². The van der Waals surface area contributed by atoms with E-state index in [4.69, 9.17) is 24.3 Å². The van der Waals surface area contributed by atoms with Crippen LogP contribution in [0.1, 0.15) is 174 Å². The zero-order valence-electron chi connectivity index (χ0n) is 29.6. The van der Waals surface area contributed by atoms with Gasteiger partial charge in [-0.2, -0.15) is 0 Å². The molecule has 46 heavy (non-hydrogen) atoms. The van der Waals surface area contributed by atoms with Crippen LogP contribution in [0.3, 0.4) is 0 Å². The number of hydrogen-bond donors (Lipinski definition) is 2. The first-order valence-corrected chi connectivity index (χ1v) is 20.2. The fraction of sp³-hybridized carbons (Fsp3) is 0.889. The van der Waals surface area contributed by atoms with Gasteiger partial charge in [0.2, 0.25) is 0 Å². The Morgan fingerprint density at radius 1 is 0.630 bits per heavy atom. The second kappa shape index (κ2) is 33.6. The van der Waals surface area contributed by atoms with E-state index in [9.17, 15) is 19.0 Å². The first-order valence-electron chi connectivity index (χ1n) is 18.7. The first kappa shape index (κ1) is 44.8. The SMILES string of the molecule is CCCCCCCC/C=C/CCCCCCCCCC(=O)OC[C@@H](COP(=O)(O)OCCN)OC(=O)CCCCCCCCCC. The highest BCUT2D eigenvalue weighted by atomic mass is 31.2. The second-order valence-electron chi connectivity index (χ2n) is 12.4. The molecule has 9 nitrogen and oxygen atoms in total. The van der Waals surface area contributed by atoms with E-state index in [1.165, 1.54) is 96.3 Å². The highest BCUT2D eigenvalue weighted by Gasteiger charge is 2.25. The van der Waals surface area contributed by atoms with Crippen molar-refractivity contribution in [2.45, 2.75) is 180 Å². The molecule has 2 atom stereocenters. The molecule has 0 aliphatic heterocycles. The van der Waals surface area contributed by atoms with Gasteiger partial charge in [-0.25, -0.2) is 4.57 Å². The number of phosphoric ester groups is 1. The molecule has 0 radical (unpaired) electrons. The zero-order valence-corrected chi connectivity index (χ0v) is 30.5. The summed E-state index contributed by atoms with van der Waals surface area (Å²) in [7, 11) is -4.36. The standard InChI is InChI=1S/C36H70NO8P/c1-3-5-7-9-11-13-14-15-16-17-18-19-20-21-23-24-26-28-35(38)42-32-34(33-44-46(40,41)43-31-30-37)45-36(39)29-27-25-22-12-10-8-6-4-2/h15-16,34H,3-14,17-33,37H2,1-2H3,(H,40,41)/b16-15+/t34-/m0/s1. The molecule has 0 aromatic heterocycles. The van der Waals surface area contributed by atoms with Gasteiger partial charge in [-0.1, -0.05) is 135 Å². The summed E-state index contributed by atoms with van der Waals surface area (Å²) in [6.07, 6.45) is 31.1. The molecule has 0 aromatic carbocycles. The number of nitrogens with two attached hydrogens (primary N) is 1. The van der Waals surface area contributed by atoms with E-state index in [1.807, 2.05) is 0 Å².